The lowest BCUT2D eigenvalue weighted by Gasteiger charge is -1.86. The third kappa shape index (κ3) is 3.45. The summed E-state index contributed by atoms with van der Waals surface area (Å²) in [6.07, 6.45) is 0.199. The predicted molar refractivity (Wildman–Crippen MR) is 19.4 cm³/mol. The molecule has 0 saturated heterocycles. The third-order valence-corrected chi connectivity index (χ3v) is 0.217. The standard InChI is InChI=1S/CH4BNO3/c4-1-3-2(5)6/h1,5-6H,(H,3,4). The molecule has 5 heteroatoms. The monoisotopic (exact) mass is 89.0 g/mol. The van der Waals surface area contributed by atoms with Gasteiger partial charge in [0.25, 0.3) is 0 Å². The quantitative estimate of drug-likeness (QED) is 0.263. The molecular formula is CH4BNO3. The van der Waals surface area contributed by atoms with Crippen molar-refractivity contribution in [3.63, 3.8) is 0 Å². The Morgan fingerprint density at radius 1 is 1.67 bits per heavy atom. The van der Waals surface area contributed by atoms with E-state index in [9.17, 15) is 4.79 Å². The van der Waals surface area contributed by atoms with Crippen LogP contribution in [0.1, 0.15) is 0 Å². The second kappa shape index (κ2) is 2.68. The van der Waals surface area contributed by atoms with Gasteiger partial charge in [-0.05, 0) is 0 Å². The lowest BCUT2D eigenvalue weighted by molar-refractivity contribution is -0.108. The van der Waals surface area contributed by atoms with Crippen LogP contribution in [0.2, 0.25) is 0 Å². The zero-order valence-electron chi connectivity index (χ0n) is 2.96. The summed E-state index contributed by atoms with van der Waals surface area (Å²) >= 11 is 0. The van der Waals surface area contributed by atoms with Crippen molar-refractivity contribution in [2.45, 2.75) is 0 Å². The molecule has 0 bridgehead atoms. The maximum absolute atomic E-state index is 9.18. The number of nitrogens with one attached hydrogen (secondary N) is 1. The Balaban J connectivity index is 2.81. The van der Waals surface area contributed by atoms with Crippen LogP contribution >= 0.6 is 0 Å². The van der Waals surface area contributed by atoms with E-state index in [1.54, 1.807) is 5.23 Å². The number of carbonyl (C=O) groups excluding carboxylic acids is 1. The van der Waals surface area contributed by atoms with E-state index < -0.39 is 7.25 Å². The summed E-state index contributed by atoms with van der Waals surface area (Å²) in [5.74, 6) is 0. The van der Waals surface area contributed by atoms with E-state index in [1.807, 2.05) is 0 Å². The van der Waals surface area contributed by atoms with Crippen LogP contribution in [0.3, 0.4) is 0 Å². The van der Waals surface area contributed by atoms with Crippen LogP contribution in [0, 0.1) is 0 Å². The summed E-state index contributed by atoms with van der Waals surface area (Å²) in [6.45, 7) is 0. The zero-order chi connectivity index (χ0) is 4.99. The molecule has 0 rings (SSSR count). The van der Waals surface area contributed by atoms with Crippen LogP contribution in [0.4, 0.5) is 0 Å². The smallest absolute Gasteiger partial charge is 0.408 e. The fourth-order valence-corrected chi connectivity index (χ4v) is 0.0609. The minimum atomic E-state index is -1.72. The highest BCUT2D eigenvalue weighted by Gasteiger charge is 2.00. The molecule has 0 heterocycles. The molecule has 0 aliphatic carbocycles. The highest BCUT2D eigenvalue weighted by Crippen LogP contribution is 1.46. The summed E-state index contributed by atoms with van der Waals surface area (Å²) in [4.78, 5) is 9.18. The van der Waals surface area contributed by atoms with Gasteiger partial charge in [-0.25, -0.2) is 0 Å². The van der Waals surface area contributed by atoms with Crippen molar-refractivity contribution in [1.29, 1.82) is 0 Å². The molecule has 6 heavy (non-hydrogen) atoms. The van der Waals surface area contributed by atoms with E-state index in [-0.39, 0.29) is 6.41 Å². The summed E-state index contributed by atoms with van der Waals surface area (Å²) < 4.78 is 0. The Kier molecular flexibility index (Phi) is 2.44. The summed E-state index contributed by atoms with van der Waals surface area (Å²) in [5, 5.41) is 17.2. The van der Waals surface area contributed by atoms with Gasteiger partial charge in [0.2, 0.25) is 0 Å². The van der Waals surface area contributed by atoms with Gasteiger partial charge >= 0.3 is 7.25 Å². The van der Waals surface area contributed by atoms with Crippen LogP contribution in [0.15, 0.2) is 0 Å². The maximum atomic E-state index is 9.18. The Hall–Kier alpha value is -0.545. The summed E-state index contributed by atoms with van der Waals surface area (Å²) in [5.41, 5.74) is 0. The third-order valence-electron chi connectivity index (χ3n) is 0.217. The fraction of sp³-hybridized carbons (Fsp3) is 0. The van der Waals surface area contributed by atoms with Crippen molar-refractivity contribution >= 4 is 13.7 Å². The molecule has 0 unspecified atom stereocenters. The van der Waals surface area contributed by atoms with Gasteiger partial charge in [-0.3, -0.25) is 4.79 Å². The fourth-order valence-electron chi connectivity index (χ4n) is 0.0609. The molecule has 4 nitrogen and oxygen atoms in total. The van der Waals surface area contributed by atoms with E-state index in [4.69, 9.17) is 10.0 Å². The van der Waals surface area contributed by atoms with Crippen LogP contribution in [-0.4, -0.2) is 23.7 Å². The first-order chi connectivity index (χ1) is 2.77. The van der Waals surface area contributed by atoms with Crippen molar-refractivity contribution in [2.24, 2.45) is 0 Å². The van der Waals surface area contributed by atoms with E-state index in [1.165, 1.54) is 0 Å². The molecular weight excluding hydrogens is 84.8 g/mol. The zero-order valence-corrected chi connectivity index (χ0v) is 2.96. The minimum Gasteiger partial charge on any atom is -0.408 e. The van der Waals surface area contributed by atoms with Crippen LogP contribution in [0.25, 0.3) is 0 Å². The molecule has 0 aromatic heterocycles. The maximum Gasteiger partial charge on any atom is 0.587 e. The molecule has 0 fully saturated rings. The van der Waals surface area contributed by atoms with Gasteiger partial charge in [0, 0.05) is 0 Å². The van der Waals surface area contributed by atoms with Crippen molar-refractivity contribution in [3.8, 4) is 0 Å². The molecule has 0 atom stereocenters. The minimum absolute atomic E-state index is 0.199. The number of carbonyl (C=O) groups is 1. The highest BCUT2D eigenvalue weighted by atomic mass is 16.4. The van der Waals surface area contributed by atoms with E-state index in [0.29, 0.717) is 0 Å². The molecule has 0 saturated carbocycles. The SMILES string of the molecule is O=CNB(O)O. The topological polar surface area (TPSA) is 69.6 Å². The van der Waals surface area contributed by atoms with Gasteiger partial charge in [0.05, 0.1) is 0 Å². The highest BCUT2D eigenvalue weighted by molar-refractivity contribution is 6.40. The second-order valence-electron chi connectivity index (χ2n) is 0.658. The molecule has 0 spiro atoms. The first kappa shape index (κ1) is 5.45. The van der Waals surface area contributed by atoms with Crippen molar-refractivity contribution in [3.05, 3.63) is 0 Å². The lowest BCUT2D eigenvalue weighted by Crippen LogP contribution is -2.32. The summed E-state index contributed by atoms with van der Waals surface area (Å²) in [7, 11) is -1.72. The van der Waals surface area contributed by atoms with Crippen molar-refractivity contribution in [1.82, 2.24) is 5.23 Å². The Labute approximate surface area is 35.0 Å². The average Bonchev–Trinajstić information content (AvgIpc) is 1.35. The Morgan fingerprint density at radius 3 is 2.17 bits per heavy atom. The molecule has 0 aromatic carbocycles. The van der Waals surface area contributed by atoms with Gasteiger partial charge < -0.3 is 15.3 Å². The van der Waals surface area contributed by atoms with Gasteiger partial charge in [-0.15, -0.1) is 0 Å². The van der Waals surface area contributed by atoms with E-state index >= 15 is 0 Å². The molecule has 0 radical (unpaired) electrons. The number of hydrogen-bond acceptors (Lipinski definition) is 3. The van der Waals surface area contributed by atoms with Gasteiger partial charge in [0.15, 0.2) is 6.41 Å². The van der Waals surface area contributed by atoms with Crippen molar-refractivity contribution < 1.29 is 14.8 Å². The molecule has 1 amide bonds. The normalized spacial score (nSPS) is 7.00. The number of amides is 1. The molecule has 3 N–H and O–H groups in total. The Morgan fingerprint density at radius 2 is 2.17 bits per heavy atom. The van der Waals surface area contributed by atoms with Gasteiger partial charge in [0.1, 0.15) is 0 Å². The van der Waals surface area contributed by atoms with Gasteiger partial charge in [-0.2, -0.15) is 0 Å². The van der Waals surface area contributed by atoms with Crippen molar-refractivity contribution in [2.75, 3.05) is 0 Å². The molecule has 0 aliphatic rings. The predicted octanol–water partition coefficient (Wildman–Crippen LogP) is -2.30. The second-order valence-corrected chi connectivity index (χ2v) is 0.658. The molecule has 0 aliphatic heterocycles. The lowest BCUT2D eigenvalue weighted by atomic mass is 10.2. The number of rotatable bonds is 2. The van der Waals surface area contributed by atoms with Crippen LogP contribution in [-0.2, 0) is 4.79 Å². The summed E-state index contributed by atoms with van der Waals surface area (Å²) in [6, 6.07) is 0. The van der Waals surface area contributed by atoms with E-state index in [2.05, 4.69) is 0 Å². The molecule has 34 valence electrons. The Bertz CT molecular complexity index is 46.1. The molecule has 0 aromatic rings. The van der Waals surface area contributed by atoms with Gasteiger partial charge in [-0.1, -0.05) is 0 Å². The van der Waals surface area contributed by atoms with Crippen LogP contribution in [0.5, 0.6) is 0 Å². The largest absolute Gasteiger partial charge is 0.587 e. The first-order valence-electron chi connectivity index (χ1n) is 1.33. The average molecular weight is 88.9 g/mol. The number of hydrogen-bond donors (Lipinski definition) is 3. The van der Waals surface area contributed by atoms with Crippen LogP contribution < -0.4 is 5.23 Å². The van der Waals surface area contributed by atoms with E-state index in [0.717, 1.165) is 0 Å². The first-order valence-corrected chi connectivity index (χ1v) is 1.33.